The van der Waals surface area contributed by atoms with Gasteiger partial charge in [-0.25, -0.2) is 24.3 Å². The predicted molar refractivity (Wildman–Crippen MR) is 65.3 cm³/mol. The summed E-state index contributed by atoms with van der Waals surface area (Å²) in [7, 11) is 3.74. The van der Waals surface area contributed by atoms with Gasteiger partial charge in [-0.1, -0.05) is 18.2 Å². The van der Waals surface area contributed by atoms with Gasteiger partial charge in [-0.2, -0.15) is 15.0 Å². The Morgan fingerprint density at radius 1 is 1.10 bits per heavy atom. The van der Waals surface area contributed by atoms with Crippen LogP contribution in [0, 0.1) is 0 Å². The number of hydrogen-bond donors (Lipinski definition) is 1. The highest BCUT2D eigenvalue weighted by Crippen LogP contribution is 2.31. The van der Waals surface area contributed by atoms with Crippen molar-refractivity contribution in [2.24, 2.45) is 0 Å². The molecule has 1 aromatic carbocycles. The van der Waals surface area contributed by atoms with E-state index in [9.17, 15) is 4.79 Å². The van der Waals surface area contributed by atoms with Crippen molar-refractivity contribution in [2.45, 2.75) is 5.79 Å². The van der Waals surface area contributed by atoms with Crippen molar-refractivity contribution < 1.29 is 44.3 Å². The molecule has 118 valence electrons. The van der Waals surface area contributed by atoms with Crippen molar-refractivity contribution in [3.63, 3.8) is 0 Å². The molecule has 0 spiro atoms. The Labute approximate surface area is 120 Å². The summed E-state index contributed by atoms with van der Waals surface area (Å²) in [5.74, 6) is -2.81. The van der Waals surface area contributed by atoms with Gasteiger partial charge in [0.1, 0.15) is 6.61 Å². The number of rotatable bonds is 9. The van der Waals surface area contributed by atoms with E-state index in [0.29, 0.717) is 0 Å². The third-order valence-electron chi connectivity index (χ3n) is 2.44. The van der Waals surface area contributed by atoms with Gasteiger partial charge >= 0.3 is 5.97 Å². The first-order chi connectivity index (χ1) is 10.1. The standard InChI is InChI=1S/C12H16O9/c1-15-18-8-12(20-16-2,21-17-3)10-7-5-4-6-9(10)11(13)19-14/h4-7,14H,8H2,1-3H3. The summed E-state index contributed by atoms with van der Waals surface area (Å²) in [4.78, 5) is 44.0. The van der Waals surface area contributed by atoms with Gasteiger partial charge in [0.2, 0.25) is 0 Å². The highest BCUT2D eigenvalue weighted by molar-refractivity contribution is 5.90. The minimum Gasteiger partial charge on any atom is -0.295 e. The molecule has 0 atom stereocenters. The van der Waals surface area contributed by atoms with Crippen molar-refractivity contribution in [1.29, 1.82) is 0 Å². The van der Waals surface area contributed by atoms with Crippen LogP contribution >= 0.6 is 0 Å². The lowest BCUT2D eigenvalue weighted by Crippen LogP contribution is -2.39. The smallest absolute Gasteiger partial charge is 0.295 e. The van der Waals surface area contributed by atoms with Gasteiger partial charge < -0.3 is 0 Å². The van der Waals surface area contributed by atoms with Gasteiger partial charge in [0.05, 0.1) is 26.9 Å². The number of benzene rings is 1. The molecular formula is C12H16O9. The van der Waals surface area contributed by atoms with Gasteiger partial charge in [-0.3, -0.25) is 4.89 Å². The molecular weight excluding hydrogens is 288 g/mol. The lowest BCUT2D eigenvalue weighted by atomic mass is 10.00. The first-order valence-electron chi connectivity index (χ1n) is 5.69. The number of carbonyl (C=O) groups is 1. The Balaban J connectivity index is 3.32. The monoisotopic (exact) mass is 304 g/mol. The fourth-order valence-corrected chi connectivity index (χ4v) is 1.68. The fraction of sp³-hybridized carbons (Fsp3) is 0.417. The van der Waals surface area contributed by atoms with Gasteiger partial charge in [0, 0.05) is 5.56 Å². The number of carbonyl (C=O) groups excluding carboxylic acids is 1. The molecule has 0 radical (unpaired) electrons. The summed E-state index contributed by atoms with van der Waals surface area (Å²) < 4.78 is 0. The predicted octanol–water partition coefficient (Wildman–Crippen LogP) is 1.20. The Morgan fingerprint density at radius 2 is 1.71 bits per heavy atom. The zero-order chi connectivity index (χ0) is 15.7. The molecule has 0 saturated carbocycles. The van der Waals surface area contributed by atoms with E-state index in [-0.39, 0.29) is 17.7 Å². The molecule has 0 saturated heterocycles. The average Bonchev–Trinajstić information content (AvgIpc) is 2.52. The number of hydrogen-bond acceptors (Lipinski definition) is 9. The van der Waals surface area contributed by atoms with Gasteiger partial charge in [-0.15, -0.1) is 0 Å². The molecule has 0 heterocycles. The normalized spacial score (nSPS) is 11.4. The Morgan fingerprint density at radius 3 is 2.24 bits per heavy atom. The maximum atomic E-state index is 11.6. The van der Waals surface area contributed by atoms with E-state index in [1.54, 1.807) is 12.1 Å². The van der Waals surface area contributed by atoms with Crippen LogP contribution in [0.5, 0.6) is 0 Å². The molecule has 0 amide bonds. The summed E-state index contributed by atoms with van der Waals surface area (Å²) in [6, 6.07) is 6.01. The summed E-state index contributed by atoms with van der Waals surface area (Å²) in [6.45, 7) is -0.346. The minimum atomic E-state index is -1.79. The zero-order valence-electron chi connectivity index (χ0n) is 11.7. The molecule has 9 heteroatoms. The summed E-state index contributed by atoms with van der Waals surface area (Å²) >= 11 is 0. The lowest BCUT2D eigenvalue weighted by molar-refractivity contribution is -0.527. The molecule has 1 aromatic rings. The van der Waals surface area contributed by atoms with Crippen LogP contribution < -0.4 is 0 Å². The molecule has 9 nitrogen and oxygen atoms in total. The molecule has 0 aliphatic heterocycles. The molecule has 0 aliphatic carbocycles. The first kappa shape index (κ1) is 17.5. The van der Waals surface area contributed by atoms with Crippen molar-refractivity contribution in [1.82, 2.24) is 0 Å². The van der Waals surface area contributed by atoms with Crippen LogP contribution in [0.4, 0.5) is 0 Å². The highest BCUT2D eigenvalue weighted by Gasteiger charge is 2.42. The summed E-state index contributed by atoms with van der Waals surface area (Å²) in [6.07, 6.45) is 0. The summed E-state index contributed by atoms with van der Waals surface area (Å²) in [5, 5.41) is 8.56. The molecule has 0 fully saturated rings. The quantitative estimate of drug-likeness (QED) is 0.409. The molecule has 1 N–H and O–H groups in total. The second-order valence-electron chi connectivity index (χ2n) is 3.61. The molecule has 0 aromatic heterocycles. The van der Waals surface area contributed by atoms with Crippen LogP contribution in [0.25, 0.3) is 0 Å². The topological polar surface area (TPSA) is 102 Å². The second-order valence-corrected chi connectivity index (χ2v) is 3.61. The van der Waals surface area contributed by atoms with Crippen LogP contribution in [0.2, 0.25) is 0 Å². The van der Waals surface area contributed by atoms with Crippen LogP contribution in [0.3, 0.4) is 0 Å². The second kappa shape index (κ2) is 8.64. The van der Waals surface area contributed by atoms with E-state index in [2.05, 4.69) is 19.6 Å². The Hall–Kier alpha value is -1.59. The molecule has 0 unspecified atom stereocenters. The van der Waals surface area contributed by atoms with E-state index >= 15 is 0 Å². The van der Waals surface area contributed by atoms with Gasteiger partial charge in [0.15, 0.2) is 0 Å². The maximum Gasteiger partial charge on any atom is 0.373 e. The summed E-state index contributed by atoms with van der Waals surface area (Å²) in [5.41, 5.74) is 0.0820. The zero-order valence-corrected chi connectivity index (χ0v) is 11.7. The van der Waals surface area contributed by atoms with E-state index in [1.807, 2.05) is 0 Å². The van der Waals surface area contributed by atoms with E-state index in [1.165, 1.54) is 33.5 Å². The largest absolute Gasteiger partial charge is 0.373 e. The highest BCUT2D eigenvalue weighted by atomic mass is 17.3. The third-order valence-corrected chi connectivity index (χ3v) is 2.44. The van der Waals surface area contributed by atoms with Crippen LogP contribution in [0.1, 0.15) is 15.9 Å². The maximum absolute atomic E-state index is 11.6. The molecule has 0 aliphatic rings. The fourth-order valence-electron chi connectivity index (χ4n) is 1.68. The van der Waals surface area contributed by atoms with Crippen molar-refractivity contribution in [3.8, 4) is 0 Å². The van der Waals surface area contributed by atoms with E-state index < -0.39 is 11.8 Å². The first-order valence-corrected chi connectivity index (χ1v) is 5.69. The van der Waals surface area contributed by atoms with Crippen LogP contribution in [-0.4, -0.2) is 39.2 Å². The van der Waals surface area contributed by atoms with Crippen LogP contribution in [0.15, 0.2) is 24.3 Å². The molecule has 1 rings (SSSR count). The average molecular weight is 304 g/mol. The van der Waals surface area contributed by atoms with Crippen molar-refractivity contribution in [3.05, 3.63) is 35.4 Å². The van der Waals surface area contributed by atoms with E-state index in [4.69, 9.17) is 19.9 Å². The van der Waals surface area contributed by atoms with Crippen LogP contribution in [-0.2, 0) is 40.0 Å². The molecule has 0 bridgehead atoms. The lowest BCUT2D eigenvalue weighted by Gasteiger charge is -2.29. The van der Waals surface area contributed by atoms with E-state index in [0.717, 1.165) is 0 Å². The minimum absolute atomic E-state index is 0.0474. The van der Waals surface area contributed by atoms with Crippen molar-refractivity contribution in [2.75, 3.05) is 27.9 Å². The Bertz CT molecular complexity index is 442. The van der Waals surface area contributed by atoms with Gasteiger partial charge in [-0.05, 0) is 6.07 Å². The van der Waals surface area contributed by atoms with Gasteiger partial charge in [0.25, 0.3) is 5.79 Å². The third kappa shape index (κ3) is 4.19. The molecule has 21 heavy (non-hydrogen) atoms. The Kier molecular flexibility index (Phi) is 7.19. The SMILES string of the molecule is COOCC(OOC)(OOC)c1ccccc1C(=O)OO. The van der Waals surface area contributed by atoms with Crippen molar-refractivity contribution >= 4 is 5.97 Å².